The number of rotatable bonds is 5. The highest BCUT2D eigenvalue weighted by atomic mass is 19.1. The maximum atomic E-state index is 13.7. The van der Waals surface area contributed by atoms with Crippen molar-refractivity contribution in [2.24, 2.45) is 5.73 Å². The van der Waals surface area contributed by atoms with Gasteiger partial charge < -0.3 is 15.6 Å². The summed E-state index contributed by atoms with van der Waals surface area (Å²) in [6, 6.07) is 21.4. The first-order valence-corrected chi connectivity index (χ1v) is 12.0. The third kappa shape index (κ3) is 3.92. The van der Waals surface area contributed by atoms with Crippen LogP contribution in [0, 0.1) is 5.82 Å². The molecule has 176 valence electrons. The molecule has 35 heavy (non-hydrogen) atoms. The van der Waals surface area contributed by atoms with E-state index in [9.17, 15) is 4.39 Å². The Labute approximate surface area is 203 Å². The normalized spacial score (nSPS) is 14.6. The van der Waals surface area contributed by atoms with Crippen molar-refractivity contribution in [3.05, 3.63) is 84.4 Å². The molecule has 0 spiro atoms. The first-order chi connectivity index (χ1) is 17.2. The lowest BCUT2D eigenvalue weighted by atomic mass is 9.98. The Bertz CT molecular complexity index is 1480. The molecule has 3 heterocycles. The molecule has 0 amide bonds. The summed E-state index contributed by atoms with van der Waals surface area (Å²) in [4.78, 5) is 4.82. The summed E-state index contributed by atoms with van der Waals surface area (Å²) < 4.78 is 16.0. The molecule has 7 heteroatoms. The fourth-order valence-electron chi connectivity index (χ4n) is 5.12. The first kappa shape index (κ1) is 21.7. The molecule has 4 N–H and O–H groups in total. The number of H-pyrrole nitrogens is 1. The summed E-state index contributed by atoms with van der Waals surface area (Å²) in [5, 5.41) is 12.3. The van der Waals surface area contributed by atoms with E-state index in [1.165, 1.54) is 12.1 Å². The number of hydrogen-bond donors (Lipinski definition) is 3. The van der Waals surface area contributed by atoms with Gasteiger partial charge in [0, 0.05) is 34.7 Å². The van der Waals surface area contributed by atoms with Crippen molar-refractivity contribution >= 4 is 10.9 Å². The van der Waals surface area contributed by atoms with Crippen LogP contribution in [0.4, 0.5) is 4.39 Å². The van der Waals surface area contributed by atoms with Crippen molar-refractivity contribution in [2.45, 2.75) is 25.4 Å². The van der Waals surface area contributed by atoms with Crippen LogP contribution in [0.5, 0.6) is 0 Å². The van der Waals surface area contributed by atoms with Crippen LogP contribution in [0.15, 0.2) is 73.1 Å². The molecule has 2 aromatic heterocycles. The number of aromatic amines is 1. The van der Waals surface area contributed by atoms with E-state index in [4.69, 9.17) is 10.7 Å². The number of halogens is 1. The SMILES string of the molecule is NCc1ccccc1-c1n[nH]c2ccc(-c3c(-c4ccc(F)cc4)ncn3C3CCNCC3)cc12. The number of piperidine rings is 1. The predicted molar refractivity (Wildman–Crippen MR) is 137 cm³/mol. The molecule has 0 aliphatic carbocycles. The van der Waals surface area contributed by atoms with Crippen LogP contribution in [0.3, 0.4) is 0 Å². The predicted octanol–water partition coefficient (Wildman–Crippen LogP) is 5.28. The average molecular weight is 467 g/mol. The van der Waals surface area contributed by atoms with E-state index in [0.29, 0.717) is 12.6 Å². The number of fused-ring (bicyclic) bond motifs is 1. The maximum Gasteiger partial charge on any atom is 0.123 e. The summed E-state index contributed by atoms with van der Waals surface area (Å²) in [5.74, 6) is -0.254. The number of nitrogens with zero attached hydrogens (tertiary/aromatic N) is 3. The highest BCUT2D eigenvalue weighted by Crippen LogP contribution is 2.38. The van der Waals surface area contributed by atoms with Crippen LogP contribution in [-0.2, 0) is 6.54 Å². The topological polar surface area (TPSA) is 84.6 Å². The summed E-state index contributed by atoms with van der Waals surface area (Å²) in [5.41, 5.74) is 13.8. The fourth-order valence-corrected chi connectivity index (χ4v) is 5.12. The minimum Gasteiger partial charge on any atom is -0.327 e. The Morgan fingerprint density at radius 3 is 2.51 bits per heavy atom. The summed E-state index contributed by atoms with van der Waals surface area (Å²) in [6.45, 7) is 2.41. The van der Waals surface area contributed by atoms with Crippen LogP contribution < -0.4 is 11.1 Å². The molecule has 0 radical (unpaired) electrons. The Morgan fingerprint density at radius 2 is 1.71 bits per heavy atom. The van der Waals surface area contributed by atoms with Gasteiger partial charge >= 0.3 is 0 Å². The molecular formula is C28H27FN6. The molecule has 0 unspecified atom stereocenters. The van der Waals surface area contributed by atoms with Crippen molar-refractivity contribution < 1.29 is 4.39 Å². The zero-order valence-corrected chi connectivity index (χ0v) is 19.3. The molecule has 6 nitrogen and oxygen atoms in total. The highest BCUT2D eigenvalue weighted by Gasteiger charge is 2.23. The lowest BCUT2D eigenvalue weighted by molar-refractivity contribution is 0.370. The third-order valence-corrected chi connectivity index (χ3v) is 6.94. The van der Waals surface area contributed by atoms with Crippen molar-refractivity contribution in [3.8, 4) is 33.8 Å². The number of aromatic nitrogens is 4. The van der Waals surface area contributed by atoms with Crippen LogP contribution in [0.25, 0.3) is 44.7 Å². The summed E-state index contributed by atoms with van der Waals surface area (Å²) in [7, 11) is 0. The molecule has 1 aliphatic heterocycles. The summed E-state index contributed by atoms with van der Waals surface area (Å²) in [6.07, 6.45) is 4.01. The smallest absolute Gasteiger partial charge is 0.123 e. The zero-order valence-electron chi connectivity index (χ0n) is 19.3. The number of benzene rings is 3. The molecule has 1 aliphatic rings. The van der Waals surface area contributed by atoms with Crippen LogP contribution in [-0.4, -0.2) is 32.8 Å². The van der Waals surface area contributed by atoms with E-state index in [-0.39, 0.29) is 5.82 Å². The first-order valence-electron chi connectivity index (χ1n) is 12.0. The second kappa shape index (κ2) is 9.09. The van der Waals surface area contributed by atoms with Crippen LogP contribution in [0.2, 0.25) is 0 Å². The van der Waals surface area contributed by atoms with Crippen molar-refractivity contribution in [3.63, 3.8) is 0 Å². The Morgan fingerprint density at radius 1 is 0.943 bits per heavy atom. The van der Waals surface area contributed by atoms with Gasteiger partial charge in [-0.05, 0) is 67.9 Å². The zero-order chi connectivity index (χ0) is 23.8. The van der Waals surface area contributed by atoms with E-state index in [1.807, 2.05) is 24.5 Å². The van der Waals surface area contributed by atoms with E-state index >= 15 is 0 Å². The standard InChI is InChI=1S/C28H27FN6/c29-21-8-5-18(6-9-21)26-28(35(17-32-26)22-11-13-31-14-12-22)19-7-10-25-24(15-19)27(34-33-25)23-4-2-1-3-20(23)16-30/h1-10,15,17,22,31H,11-14,16,30H2,(H,33,34). The second-order valence-electron chi connectivity index (χ2n) is 9.03. The lowest BCUT2D eigenvalue weighted by Crippen LogP contribution is -2.29. The Kier molecular flexibility index (Phi) is 5.64. The van der Waals surface area contributed by atoms with Gasteiger partial charge in [0.05, 0.1) is 23.2 Å². The number of hydrogen-bond acceptors (Lipinski definition) is 4. The Balaban J connectivity index is 1.54. The number of imidazole rings is 1. The fraction of sp³-hybridized carbons (Fsp3) is 0.214. The molecule has 0 saturated carbocycles. The van der Waals surface area contributed by atoms with Crippen LogP contribution in [0.1, 0.15) is 24.4 Å². The van der Waals surface area contributed by atoms with E-state index < -0.39 is 0 Å². The molecule has 5 aromatic rings. The largest absolute Gasteiger partial charge is 0.327 e. The second-order valence-corrected chi connectivity index (χ2v) is 9.03. The maximum absolute atomic E-state index is 13.7. The minimum atomic E-state index is -0.254. The molecule has 0 bridgehead atoms. The highest BCUT2D eigenvalue weighted by molar-refractivity contribution is 5.97. The van der Waals surface area contributed by atoms with Gasteiger partial charge in [-0.3, -0.25) is 5.10 Å². The van der Waals surface area contributed by atoms with Gasteiger partial charge in [0.1, 0.15) is 11.5 Å². The monoisotopic (exact) mass is 466 g/mol. The van der Waals surface area contributed by atoms with Gasteiger partial charge in [-0.25, -0.2) is 9.37 Å². The van der Waals surface area contributed by atoms with E-state index in [1.54, 1.807) is 12.1 Å². The summed E-state index contributed by atoms with van der Waals surface area (Å²) >= 11 is 0. The molecule has 3 aromatic carbocycles. The van der Waals surface area contributed by atoms with Crippen LogP contribution >= 0.6 is 0 Å². The lowest BCUT2D eigenvalue weighted by Gasteiger charge is -2.26. The molecule has 6 rings (SSSR count). The number of nitrogens with one attached hydrogen (secondary N) is 2. The quantitative estimate of drug-likeness (QED) is 0.329. The van der Waals surface area contributed by atoms with Gasteiger partial charge in [0.15, 0.2) is 0 Å². The van der Waals surface area contributed by atoms with Crippen molar-refractivity contribution in [1.29, 1.82) is 0 Å². The van der Waals surface area contributed by atoms with Gasteiger partial charge in [0.2, 0.25) is 0 Å². The van der Waals surface area contributed by atoms with Crippen molar-refractivity contribution in [2.75, 3.05) is 13.1 Å². The van der Waals surface area contributed by atoms with E-state index in [0.717, 1.165) is 76.2 Å². The van der Waals surface area contributed by atoms with Gasteiger partial charge in [0.25, 0.3) is 0 Å². The van der Waals surface area contributed by atoms with Crippen molar-refractivity contribution in [1.82, 2.24) is 25.1 Å². The molecule has 0 atom stereocenters. The third-order valence-electron chi connectivity index (χ3n) is 6.94. The van der Waals surface area contributed by atoms with Gasteiger partial charge in [-0.15, -0.1) is 0 Å². The molecule has 1 saturated heterocycles. The van der Waals surface area contributed by atoms with E-state index in [2.05, 4.69) is 44.3 Å². The molecule has 1 fully saturated rings. The average Bonchev–Trinajstić information content (AvgIpc) is 3.54. The number of nitrogens with two attached hydrogens (primary N) is 1. The minimum absolute atomic E-state index is 0.254. The molecular weight excluding hydrogens is 439 g/mol. The van der Waals surface area contributed by atoms with Gasteiger partial charge in [-0.1, -0.05) is 30.3 Å². The Hall–Kier alpha value is -3.81. The van der Waals surface area contributed by atoms with Gasteiger partial charge in [-0.2, -0.15) is 5.10 Å².